The second-order valence-corrected chi connectivity index (χ2v) is 2.96. The molecule has 0 unspecified atom stereocenters. The topological polar surface area (TPSA) is 43.3 Å². The second-order valence-electron chi connectivity index (χ2n) is 2.96. The molecular formula is C10H11N3. The van der Waals surface area contributed by atoms with Crippen LogP contribution >= 0.6 is 0 Å². The van der Waals surface area contributed by atoms with Crippen LogP contribution in [0.4, 0.5) is 0 Å². The first kappa shape index (κ1) is 7.86. The number of aryl methyl sites for hydroxylation is 1. The van der Waals surface area contributed by atoms with E-state index in [1.165, 1.54) is 0 Å². The number of hydrogen-bond acceptors (Lipinski definition) is 2. The summed E-state index contributed by atoms with van der Waals surface area (Å²) >= 11 is 0. The van der Waals surface area contributed by atoms with Crippen LogP contribution in [-0.4, -0.2) is 4.57 Å². The van der Waals surface area contributed by atoms with Crippen molar-refractivity contribution in [2.45, 2.75) is 0 Å². The van der Waals surface area contributed by atoms with Crippen LogP contribution in [0.25, 0.3) is 10.9 Å². The molecule has 2 rings (SSSR count). The highest BCUT2D eigenvalue weighted by atomic mass is 15.1. The molecule has 3 heteroatoms. The van der Waals surface area contributed by atoms with Gasteiger partial charge in [0.15, 0.2) is 0 Å². The standard InChI is InChI=1S/C10H11N3/c1-13-7-6-9(12-11)8-4-2-3-5-10(8)13/h2-7H,11H2,1H3. The largest absolute Gasteiger partial charge is 0.350 e. The number of aromatic nitrogens is 1. The Hall–Kier alpha value is -1.77. The first-order valence-electron chi connectivity index (χ1n) is 4.11. The first-order valence-corrected chi connectivity index (χ1v) is 4.11. The van der Waals surface area contributed by atoms with Crippen molar-refractivity contribution in [2.75, 3.05) is 0 Å². The van der Waals surface area contributed by atoms with Crippen LogP contribution in [0, 0.1) is 0 Å². The number of para-hydroxylation sites is 1. The Kier molecular flexibility index (Phi) is 1.77. The third-order valence-corrected chi connectivity index (χ3v) is 2.16. The quantitative estimate of drug-likeness (QED) is 0.468. The molecule has 0 radical (unpaired) electrons. The van der Waals surface area contributed by atoms with Crippen LogP contribution in [0.3, 0.4) is 0 Å². The minimum Gasteiger partial charge on any atom is -0.350 e. The zero-order chi connectivity index (χ0) is 9.26. The van der Waals surface area contributed by atoms with Gasteiger partial charge in [0, 0.05) is 24.1 Å². The van der Waals surface area contributed by atoms with Crippen LogP contribution < -0.4 is 11.2 Å². The van der Waals surface area contributed by atoms with E-state index in [9.17, 15) is 0 Å². The van der Waals surface area contributed by atoms with E-state index >= 15 is 0 Å². The average molecular weight is 173 g/mol. The Bertz CT molecular complexity index is 497. The predicted molar refractivity (Wildman–Crippen MR) is 52.7 cm³/mol. The van der Waals surface area contributed by atoms with Gasteiger partial charge in [0.2, 0.25) is 0 Å². The molecule has 13 heavy (non-hydrogen) atoms. The Morgan fingerprint density at radius 2 is 2.00 bits per heavy atom. The Morgan fingerprint density at radius 3 is 2.77 bits per heavy atom. The number of rotatable bonds is 0. The molecule has 66 valence electrons. The molecule has 0 atom stereocenters. The Balaban J connectivity index is 3.02. The molecule has 3 nitrogen and oxygen atoms in total. The molecule has 0 aliphatic carbocycles. The van der Waals surface area contributed by atoms with E-state index in [1.54, 1.807) is 0 Å². The lowest BCUT2D eigenvalue weighted by Crippen LogP contribution is -2.09. The first-order chi connectivity index (χ1) is 6.33. The highest BCUT2D eigenvalue weighted by Crippen LogP contribution is 2.06. The third kappa shape index (κ3) is 1.18. The summed E-state index contributed by atoms with van der Waals surface area (Å²) in [5, 5.41) is 5.63. The number of hydrogen-bond donors (Lipinski definition) is 1. The fraction of sp³-hybridized carbons (Fsp3) is 0.100. The van der Waals surface area contributed by atoms with E-state index in [0.29, 0.717) is 0 Å². The van der Waals surface area contributed by atoms with Gasteiger partial charge in [0.05, 0.1) is 5.36 Å². The number of pyridine rings is 1. The number of fused-ring (bicyclic) bond motifs is 1. The van der Waals surface area contributed by atoms with E-state index in [0.717, 1.165) is 16.3 Å². The monoisotopic (exact) mass is 173 g/mol. The molecular weight excluding hydrogens is 162 g/mol. The lowest BCUT2D eigenvalue weighted by molar-refractivity contribution is 0.945. The highest BCUT2D eigenvalue weighted by Gasteiger charge is 1.95. The van der Waals surface area contributed by atoms with Crippen molar-refractivity contribution in [3.63, 3.8) is 0 Å². The Morgan fingerprint density at radius 1 is 1.23 bits per heavy atom. The molecule has 0 fully saturated rings. The van der Waals surface area contributed by atoms with Crippen LogP contribution in [-0.2, 0) is 7.05 Å². The van der Waals surface area contributed by atoms with Gasteiger partial charge >= 0.3 is 0 Å². The fourth-order valence-electron chi connectivity index (χ4n) is 1.46. The second kappa shape index (κ2) is 2.94. The van der Waals surface area contributed by atoms with Gasteiger partial charge in [0.25, 0.3) is 0 Å². The third-order valence-electron chi connectivity index (χ3n) is 2.16. The zero-order valence-corrected chi connectivity index (χ0v) is 7.44. The van der Waals surface area contributed by atoms with Gasteiger partial charge in [-0.2, -0.15) is 5.10 Å². The average Bonchev–Trinajstić information content (AvgIpc) is 2.19. The van der Waals surface area contributed by atoms with Crippen LogP contribution in [0.5, 0.6) is 0 Å². The lowest BCUT2D eigenvalue weighted by atomic mass is 10.2. The molecule has 0 amide bonds. The summed E-state index contributed by atoms with van der Waals surface area (Å²) in [4.78, 5) is 0. The van der Waals surface area contributed by atoms with Crippen LogP contribution in [0.1, 0.15) is 0 Å². The van der Waals surface area contributed by atoms with E-state index in [4.69, 9.17) is 5.84 Å². The summed E-state index contributed by atoms with van der Waals surface area (Å²) in [6, 6.07) is 9.95. The van der Waals surface area contributed by atoms with E-state index in [2.05, 4.69) is 5.10 Å². The molecule has 0 aliphatic heterocycles. The van der Waals surface area contributed by atoms with Crippen molar-refractivity contribution in [3.8, 4) is 0 Å². The van der Waals surface area contributed by atoms with Gasteiger partial charge in [0.1, 0.15) is 0 Å². The van der Waals surface area contributed by atoms with Crippen molar-refractivity contribution < 1.29 is 0 Å². The number of nitrogens with zero attached hydrogens (tertiary/aromatic N) is 2. The SMILES string of the molecule is Cn1ccc(=NN)c2ccccc21. The van der Waals surface area contributed by atoms with Gasteiger partial charge in [-0.15, -0.1) is 0 Å². The summed E-state index contributed by atoms with van der Waals surface area (Å²) < 4.78 is 2.05. The normalized spacial score (nSPS) is 12.2. The Labute approximate surface area is 76.1 Å². The molecule has 2 N–H and O–H groups in total. The van der Waals surface area contributed by atoms with Gasteiger partial charge in [-0.25, -0.2) is 0 Å². The van der Waals surface area contributed by atoms with E-state index in [1.807, 2.05) is 48.1 Å². The summed E-state index contributed by atoms with van der Waals surface area (Å²) in [5.41, 5.74) is 1.13. The number of nitrogens with two attached hydrogens (primary N) is 1. The molecule has 1 aromatic heterocycles. The van der Waals surface area contributed by atoms with E-state index in [-0.39, 0.29) is 0 Å². The molecule has 0 spiro atoms. The molecule has 2 aromatic rings. The summed E-state index contributed by atoms with van der Waals surface area (Å²) in [5.74, 6) is 5.28. The zero-order valence-electron chi connectivity index (χ0n) is 7.44. The van der Waals surface area contributed by atoms with Crippen molar-refractivity contribution in [2.24, 2.45) is 18.0 Å². The maximum atomic E-state index is 5.28. The summed E-state index contributed by atoms with van der Waals surface area (Å²) in [6.07, 6.45) is 1.95. The van der Waals surface area contributed by atoms with Gasteiger partial charge < -0.3 is 10.4 Å². The highest BCUT2D eigenvalue weighted by molar-refractivity contribution is 5.78. The van der Waals surface area contributed by atoms with Crippen molar-refractivity contribution >= 4 is 10.9 Å². The van der Waals surface area contributed by atoms with Crippen LogP contribution in [0.2, 0.25) is 0 Å². The van der Waals surface area contributed by atoms with Gasteiger partial charge in [-0.05, 0) is 12.1 Å². The van der Waals surface area contributed by atoms with Gasteiger partial charge in [-0.1, -0.05) is 18.2 Å². The minimum atomic E-state index is 0.828. The smallest absolute Gasteiger partial charge is 0.0934 e. The fourth-order valence-corrected chi connectivity index (χ4v) is 1.46. The predicted octanol–water partition coefficient (Wildman–Crippen LogP) is 0.953. The van der Waals surface area contributed by atoms with E-state index < -0.39 is 0 Å². The van der Waals surface area contributed by atoms with Gasteiger partial charge in [-0.3, -0.25) is 0 Å². The minimum absolute atomic E-state index is 0.828. The van der Waals surface area contributed by atoms with Crippen LogP contribution in [0.15, 0.2) is 41.6 Å². The molecule has 0 aliphatic rings. The molecule has 0 saturated carbocycles. The maximum absolute atomic E-state index is 5.28. The van der Waals surface area contributed by atoms with Crippen molar-refractivity contribution in [1.29, 1.82) is 0 Å². The summed E-state index contributed by atoms with van der Waals surface area (Å²) in [6.45, 7) is 0. The number of benzene rings is 1. The molecule has 1 aromatic carbocycles. The lowest BCUT2D eigenvalue weighted by Gasteiger charge is -2.04. The maximum Gasteiger partial charge on any atom is 0.0934 e. The van der Waals surface area contributed by atoms with Crippen molar-refractivity contribution in [1.82, 2.24) is 4.57 Å². The molecule has 0 bridgehead atoms. The van der Waals surface area contributed by atoms with Crippen molar-refractivity contribution in [3.05, 3.63) is 41.9 Å². The molecule has 0 saturated heterocycles. The molecule has 1 heterocycles. The summed E-state index contributed by atoms with van der Waals surface area (Å²) in [7, 11) is 2.00.